The molecule has 0 spiro atoms. The molecule has 2 aliphatic rings. The van der Waals surface area contributed by atoms with E-state index in [1.54, 1.807) is 24.3 Å². The zero-order valence-corrected chi connectivity index (χ0v) is 47.3. The maximum absolute atomic E-state index is 16.0. The van der Waals surface area contributed by atoms with E-state index in [0.717, 1.165) is 55.7 Å². The Balaban J connectivity index is 1.46. The molecule has 0 saturated heterocycles. The average molecular weight is 1000 g/mol. The molecule has 0 heterocycles. The molecule has 2 N–H and O–H groups in total. The Kier molecular flexibility index (Phi) is 15.0. The molecule has 0 radical (unpaired) electrons. The van der Waals surface area contributed by atoms with Gasteiger partial charge in [0.25, 0.3) is 0 Å². The van der Waals surface area contributed by atoms with Crippen LogP contribution in [0.1, 0.15) is 157 Å². The van der Waals surface area contributed by atoms with E-state index in [4.69, 9.17) is 9.47 Å². The van der Waals surface area contributed by atoms with Gasteiger partial charge in [-0.1, -0.05) is 0 Å². The second-order valence-electron chi connectivity index (χ2n) is 25.3. The van der Waals surface area contributed by atoms with Gasteiger partial charge in [-0.2, -0.15) is 0 Å². The van der Waals surface area contributed by atoms with Crippen LogP contribution < -0.4 is 9.47 Å². The standard InChI is InChI=1S/C62H82F2GeO4/c1-39(2)65(40(3)4,37-68-55-25-21-47(63)31-51(55)61(59(13,14)15)33-43(29-45(35-61)57(7,8)9)49-27-41(5)19-23-53(49)66)38-69-56-26-22-48(64)32-52(56)62(60(16,17)18)34-44(30-46(36-62)58(10,11)12)50-28-42(6)20-24-54(50)67/h19-32,35-36,39-40,66-67H,33-34,37-38H2,1-18H3. The fraction of sp³-hybridized carbons (Fsp3) is 0.484. The first-order valence-electron chi connectivity index (χ1n) is 25.1. The monoisotopic (exact) mass is 1000 g/mol. The van der Waals surface area contributed by atoms with Crippen LogP contribution in [0.4, 0.5) is 8.78 Å². The number of aryl methyl sites for hydroxylation is 2. The molecule has 4 aromatic carbocycles. The fourth-order valence-corrected chi connectivity index (χ4v) is 18.2. The summed E-state index contributed by atoms with van der Waals surface area (Å²) in [6.07, 6.45) is 10.2. The Morgan fingerprint density at radius 3 is 1.19 bits per heavy atom. The van der Waals surface area contributed by atoms with Crippen molar-refractivity contribution in [1.82, 2.24) is 0 Å². The SMILES string of the molecule is Cc1ccc(O)c(C2=CC(C(C)(C)C)=CC(c3cc(F)ccc3O[CH2][Ge]([CH2]Oc3ccc(F)cc3C3(C(C)(C)C)C=C(C(C)(C)C)C=C(c4cc(C)ccc4O)C3)([CH](C)C)[CH](C)C)(C(C)(C)C)C2)c1. The van der Waals surface area contributed by atoms with E-state index in [9.17, 15) is 10.2 Å². The van der Waals surface area contributed by atoms with Crippen molar-refractivity contribution < 1.29 is 28.5 Å². The van der Waals surface area contributed by atoms with Crippen molar-refractivity contribution in [1.29, 1.82) is 0 Å². The van der Waals surface area contributed by atoms with Gasteiger partial charge in [0.15, 0.2) is 0 Å². The number of allylic oxidation sites excluding steroid dienone is 8. The second kappa shape index (κ2) is 19.2. The number of hydrogen-bond donors (Lipinski definition) is 2. The Morgan fingerprint density at radius 1 is 0.536 bits per heavy atom. The first-order chi connectivity index (χ1) is 31.7. The van der Waals surface area contributed by atoms with Gasteiger partial charge in [-0.3, -0.25) is 0 Å². The van der Waals surface area contributed by atoms with E-state index in [1.807, 2.05) is 50.2 Å². The van der Waals surface area contributed by atoms with E-state index in [1.165, 1.54) is 12.1 Å². The molecule has 6 rings (SSSR count). The van der Waals surface area contributed by atoms with Gasteiger partial charge in [-0.25, -0.2) is 0 Å². The summed E-state index contributed by atoms with van der Waals surface area (Å²) in [6, 6.07) is 21.4. The van der Waals surface area contributed by atoms with Crippen LogP contribution in [0.2, 0.25) is 9.50 Å². The summed E-state index contributed by atoms with van der Waals surface area (Å²) in [5.41, 5.74) is 7.63. The Bertz CT molecular complexity index is 2500. The predicted molar refractivity (Wildman–Crippen MR) is 288 cm³/mol. The van der Waals surface area contributed by atoms with E-state index in [0.29, 0.717) is 35.2 Å². The Morgan fingerprint density at radius 2 is 0.884 bits per heavy atom. The summed E-state index contributed by atoms with van der Waals surface area (Å²) in [6.45, 7) is 39.7. The summed E-state index contributed by atoms with van der Waals surface area (Å²) in [5, 5.41) is 22.7. The molecule has 7 heteroatoms. The van der Waals surface area contributed by atoms with Gasteiger partial charge in [-0.05, 0) is 0 Å². The third kappa shape index (κ3) is 10.7. The Labute approximate surface area is 417 Å². The van der Waals surface area contributed by atoms with Crippen molar-refractivity contribution in [2.75, 3.05) is 10.9 Å². The van der Waals surface area contributed by atoms with Crippen molar-refractivity contribution in [2.24, 2.45) is 21.7 Å². The third-order valence-electron chi connectivity index (χ3n) is 15.9. The topological polar surface area (TPSA) is 58.9 Å². The minimum absolute atomic E-state index is 0.224. The van der Waals surface area contributed by atoms with Gasteiger partial charge < -0.3 is 0 Å². The van der Waals surface area contributed by atoms with E-state index < -0.39 is 34.9 Å². The van der Waals surface area contributed by atoms with Crippen LogP contribution in [0, 0.1) is 47.1 Å². The van der Waals surface area contributed by atoms with Crippen LogP contribution >= 0.6 is 0 Å². The van der Waals surface area contributed by atoms with E-state index in [-0.39, 0.29) is 43.5 Å². The number of hydrogen-bond acceptors (Lipinski definition) is 4. The number of ether oxygens (including phenoxy) is 2. The molecule has 372 valence electrons. The van der Waals surface area contributed by atoms with E-state index >= 15 is 8.78 Å². The van der Waals surface area contributed by atoms with Crippen molar-refractivity contribution in [3.63, 3.8) is 0 Å². The molecule has 2 aliphatic carbocycles. The summed E-state index contributed by atoms with van der Waals surface area (Å²) in [5.74, 6) is 1.09. The fourth-order valence-electron chi connectivity index (χ4n) is 10.7. The van der Waals surface area contributed by atoms with Crippen molar-refractivity contribution in [2.45, 2.75) is 158 Å². The predicted octanol–water partition coefficient (Wildman–Crippen LogP) is 17.3. The van der Waals surface area contributed by atoms with Crippen molar-refractivity contribution >= 4 is 24.4 Å². The summed E-state index contributed by atoms with van der Waals surface area (Å²) in [7, 11) is 0. The number of halogens is 2. The molecule has 0 amide bonds. The molecular formula is C62H82F2GeO4. The average Bonchev–Trinajstić information content (AvgIpc) is 3.24. The van der Waals surface area contributed by atoms with Crippen molar-refractivity contribution in [3.05, 3.63) is 153 Å². The molecule has 0 bridgehead atoms. The molecule has 69 heavy (non-hydrogen) atoms. The zero-order valence-electron chi connectivity index (χ0n) is 45.2. The number of benzene rings is 4. The molecule has 4 nitrogen and oxygen atoms in total. The van der Waals surface area contributed by atoms with Gasteiger partial charge in [0.1, 0.15) is 0 Å². The summed E-state index contributed by atoms with van der Waals surface area (Å²) in [4.78, 5) is 0. The minimum atomic E-state index is -3.35. The molecule has 0 aliphatic heterocycles. The van der Waals surface area contributed by atoms with Crippen LogP contribution in [0.3, 0.4) is 0 Å². The number of phenols is 2. The number of aromatic hydroxyl groups is 2. The maximum atomic E-state index is 16.0. The first kappa shape index (κ1) is 53.8. The normalized spacial score (nSPS) is 19.6. The molecule has 2 atom stereocenters. The van der Waals surface area contributed by atoms with Gasteiger partial charge in [-0.15, -0.1) is 0 Å². The van der Waals surface area contributed by atoms with Crippen LogP contribution in [0.25, 0.3) is 11.1 Å². The van der Waals surface area contributed by atoms with Gasteiger partial charge >= 0.3 is 419 Å². The summed E-state index contributed by atoms with van der Waals surface area (Å²) >= 11 is -3.35. The molecule has 2 unspecified atom stereocenters. The van der Waals surface area contributed by atoms with Crippen LogP contribution in [-0.2, 0) is 10.8 Å². The molecular weight excluding hydrogens is 919 g/mol. The number of phenolic OH excluding ortho intramolecular Hbond substituents is 2. The van der Waals surface area contributed by atoms with Gasteiger partial charge in [0, 0.05) is 0 Å². The van der Waals surface area contributed by atoms with Gasteiger partial charge in [0.2, 0.25) is 0 Å². The Hall–Kier alpha value is -4.56. The third-order valence-corrected chi connectivity index (χ3v) is 28.5. The molecule has 0 fully saturated rings. The second-order valence-corrected chi connectivity index (χ2v) is 36.5. The van der Waals surface area contributed by atoms with Crippen LogP contribution in [0.15, 0.2) is 108 Å². The molecule has 4 aromatic rings. The zero-order chi connectivity index (χ0) is 51.4. The molecule has 0 saturated carbocycles. The van der Waals surface area contributed by atoms with E-state index in [2.05, 4.69) is 135 Å². The van der Waals surface area contributed by atoms with Gasteiger partial charge in [0.05, 0.1) is 0 Å². The first-order valence-corrected chi connectivity index (χ1v) is 30.5. The van der Waals surface area contributed by atoms with Crippen molar-refractivity contribution in [3.8, 4) is 23.0 Å². The van der Waals surface area contributed by atoms with Crippen LogP contribution in [0.5, 0.6) is 23.0 Å². The number of rotatable bonds is 12. The molecule has 0 aromatic heterocycles. The summed E-state index contributed by atoms with van der Waals surface area (Å²) < 4.78 is 47.0. The quantitative estimate of drug-likeness (QED) is 0.139. The van der Waals surface area contributed by atoms with Crippen LogP contribution in [-0.4, -0.2) is 34.4 Å².